The van der Waals surface area contributed by atoms with E-state index in [1.165, 1.54) is 0 Å². The Kier molecular flexibility index (Phi) is 8.94. The van der Waals surface area contributed by atoms with Gasteiger partial charge in [0.15, 0.2) is 11.5 Å². The topological polar surface area (TPSA) is 109 Å². The molecule has 42 heavy (non-hydrogen) atoms. The first-order valence-electron chi connectivity index (χ1n) is 13.9. The molecule has 0 saturated heterocycles. The van der Waals surface area contributed by atoms with Gasteiger partial charge < -0.3 is 28.8 Å². The Bertz CT molecular complexity index is 1570. The lowest BCUT2D eigenvalue weighted by atomic mass is 9.88. The van der Waals surface area contributed by atoms with Gasteiger partial charge in [-0.3, -0.25) is 0 Å². The first-order chi connectivity index (χ1) is 20.4. The number of unbranched alkanes of at least 4 members (excludes halogenated alkanes) is 3. The molecule has 1 aromatic heterocycles. The molecule has 220 valence electrons. The molecule has 2 heterocycles. The zero-order valence-corrected chi connectivity index (χ0v) is 25.0. The van der Waals surface area contributed by atoms with Gasteiger partial charge in [-0.15, -0.1) is 0 Å². The molecule has 5 rings (SSSR count). The number of aliphatic hydroxyl groups is 1. The monoisotopic (exact) mass is 590 g/mol. The van der Waals surface area contributed by atoms with E-state index in [2.05, 4.69) is 15.7 Å². The van der Waals surface area contributed by atoms with Crippen LogP contribution in [0.5, 0.6) is 23.0 Å². The average Bonchev–Trinajstić information content (AvgIpc) is 3.58. The summed E-state index contributed by atoms with van der Waals surface area (Å²) >= 11 is 1.09. The van der Waals surface area contributed by atoms with Crippen LogP contribution in [-0.4, -0.2) is 47.8 Å². The Morgan fingerprint density at radius 3 is 2.26 bits per heavy atom. The summed E-state index contributed by atoms with van der Waals surface area (Å²) < 4.78 is 37.1. The van der Waals surface area contributed by atoms with Crippen LogP contribution >= 0.6 is 11.7 Å². The third-order valence-corrected chi connectivity index (χ3v) is 7.88. The van der Waals surface area contributed by atoms with Crippen LogP contribution in [0.4, 0.5) is 0 Å². The number of cyclic esters (lactones) is 1. The van der Waals surface area contributed by atoms with Crippen LogP contribution in [0.25, 0.3) is 16.6 Å². The maximum absolute atomic E-state index is 13.5. The second-order valence-electron chi connectivity index (χ2n) is 10.00. The minimum absolute atomic E-state index is 0.153. The molecule has 1 atom stereocenters. The van der Waals surface area contributed by atoms with Crippen LogP contribution in [0.3, 0.4) is 0 Å². The third-order valence-electron chi connectivity index (χ3n) is 7.32. The maximum Gasteiger partial charge on any atom is 0.342 e. The molecule has 0 radical (unpaired) electrons. The number of fused-ring (bicyclic) bond motifs is 1. The van der Waals surface area contributed by atoms with Crippen molar-refractivity contribution in [2.24, 2.45) is 0 Å². The van der Waals surface area contributed by atoms with E-state index in [9.17, 15) is 9.90 Å². The van der Waals surface area contributed by atoms with Gasteiger partial charge in [0, 0.05) is 17.6 Å². The van der Waals surface area contributed by atoms with Crippen molar-refractivity contribution in [1.82, 2.24) is 8.75 Å². The second kappa shape index (κ2) is 12.8. The van der Waals surface area contributed by atoms with Crippen LogP contribution in [-0.2, 0) is 21.7 Å². The number of carbonyl (C=O) groups excluding carboxylic acids is 1. The number of methoxy groups -OCH3 is 3. The average molecular weight is 591 g/mol. The van der Waals surface area contributed by atoms with Crippen LogP contribution in [0.15, 0.2) is 60.2 Å². The Hall–Kier alpha value is -4.15. The Morgan fingerprint density at radius 1 is 0.881 bits per heavy atom. The highest BCUT2D eigenvalue weighted by molar-refractivity contribution is 7.00. The quantitative estimate of drug-likeness (QED) is 0.146. The summed E-state index contributed by atoms with van der Waals surface area (Å²) in [6.07, 6.45) is 4.45. The van der Waals surface area contributed by atoms with Gasteiger partial charge in [0.2, 0.25) is 5.75 Å². The van der Waals surface area contributed by atoms with Crippen LogP contribution in [0, 0.1) is 0 Å². The van der Waals surface area contributed by atoms with Gasteiger partial charge in [0.1, 0.15) is 16.8 Å². The molecule has 0 saturated carbocycles. The fraction of sp³-hybridized carbons (Fsp3) is 0.344. The van der Waals surface area contributed by atoms with Crippen molar-refractivity contribution in [1.29, 1.82) is 0 Å². The van der Waals surface area contributed by atoms with Crippen molar-refractivity contribution in [2.45, 2.75) is 44.8 Å². The molecular formula is C32H34N2O7S. The second-order valence-corrected chi connectivity index (χ2v) is 10.5. The number of benzene rings is 3. The predicted octanol–water partition coefficient (Wildman–Crippen LogP) is 6.07. The van der Waals surface area contributed by atoms with Crippen molar-refractivity contribution in [3.05, 3.63) is 76.9 Å². The van der Waals surface area contributed by atoms with Crippen molar-refractivity contribution < 1.29 is 33.6 Å². The maximum atomic E-state index is 13.5. The number of aromatic nitrogens is 2. The lowest BCUT2D eigenvalue weighted by Crippen LogP contribution is -2.29. The number of hydrogen-bond donors (Lipinski definition) is 1. The minimum atomic E-state index is -2.02. The Morgan fingerprint density at radius 2 is 1.60 bits per heavy atom. The van der Waals surface area contributed by atoms with Crippen molar-refractivity contribution in [3.8, 4) is 23.0 Å². The Balaban J connectivity index is 1.59. The highest BCUT2D eigenvalue weighted by Gasteiger charge is 2.48. The van der Waals surface area contributed by atoms with E-state index in [0.717, 1.165) is 48.5 Å². The SMILES string of the molecule is CCCCCCOc1c(OC)cc(CC2=C(c3ccc4nsnc4c3)C(=O)OC2(O)c2ccc(OC)cc2)cc1OC. The highest BCUT2D eigenvalue weighted by atomic mass is 32.1. The summed E-state index contributed by atoms with van der Waals surface area (Å²) in [5, 5.41) is 12.1. The largest absolute Gasteiger partial charge is 0.497 e. The van der Waals surface area contributed by atoms with Gasteiger partial charge >= 0.3 is 5.97 Å². The third kappa shape index (κ3) is 5.77. The van der Waals surface area contributed by atoms with E-state index in [1.807, 2.05) is 12.1 Å². The van der Waals surface area contributed by atoms with Gasteiger partial charge in [0.25, 0.3) is 5.79 Å². The van der Waals surface area contributed by atoms with Crippen LogP contribution in [0.1, 0.15) is 49.3 Å². The first kappa shape index (κ1) is 29.3. The fourth-order valence-electron chi connectivity index (χ4n) is 5.11. The number of nitrogens with zero attached hydrogens (tertiary/aromatic N) is 2. The van der Waals surface area contributed by atoms with Gasteiger partial charge in [0.05, 0.1) is 45.2 Å². The van der Waals surface area contributed by atoms with E-state index in [1.54, 1.807) is 63.8 Å². The zero-order valence-electron chi connectivity index (χ0n) is 24.1. The summed E-state index contributed by atoms with van der Waals surface area (Å²) in [6, 6.07) is 15.8. The smallest absolute Gasteiger partial charge is 0.342 e. The summed E-state index contributed by atoms with van der Waals surface area (Å²) in [4.78, 5) is 13.5. The van der Waals surface area contributed by atoms with Crippen LogP contribution in [0.2, 0.25) is 0 Å². The molecule has 1 aliphatic heterocycles. The summed E-state index contributed by atoms with van der Waals surface area (Å²) in [6.45, 7) is 2.70. The molecule has 0 spiro atoms. The molecule has 0 aliphatic carbocycles. The van der Waals surface area contributed by atoms with Gasteiger partial charge in [-0.1, -0.05) is 32.3 Å². The van der Waals surface area contributed by atoms with E-state index < -0.39 is 11.8 Å². The van der Waals surface area contributed by atoms with Gasteiger partial charge in [-0.25, -0.2) is 4.79 Å². The van der Waals surface area contributed by atoms with Gasteiger partial charge in [-0.2, -0.15) is 8.75 Å². The normalized spacial score (nSPS) is 16.5. The summed E-state index contributed by atoms with van der Waals surface area (Å²) in [5.74, 6) is -0.552. The number of hydrogen-bond acceptors (Lipinski definition) is 10. The standard InChI is InChI=1S/C32H34N2O7S/c1-5-6-7-8-15-40-30-27(38-3)17-20(18-28(30)39-4)16-24-29(21-9-14-25-26(19-21)34-42-33-25)31(35)41-32(24,36)22-10-12-23(37-2)13-11-22/h9-14,17-19,36H,5-8,15-16H2,1-4H3. The van der Waals surface area contributed by atoms with Crippen molar-refractivity contribution >= 4 is 34.3 Å². The molecule has 3 aromatic carbocycles. The molecule has 1 aliphatic rings. The van der Waals surface area contributed by atoms with Crippen LogP contribution < -0.4 is 18.9 Å². The van der Waals surface area contributed by atoms with Crippen molar-refractivity contribution in [2.75, 3.05) is 27.9 Å². The summed E-state index contributed by atoms with van der Waals surface area (Å²) in [5.41, 5.74) is 3.71. The summed E-state index contributed by atoms with van der Waals surface area (Å²) in [7, 11) is 4.70. The van der Waals surface area contributed by atoms with E-state index in [-0.39, 0.29) is 12.0 Å². The van der Waals surface area contributed by atoms with E-state index in [0.29, 0.717) is 51.8 Å². The van der Waals surface area contributed by atoms with Gasteiger partial charge in [-0.05, 0) is 66.1 Å². The molecule has 4 aromatic rings. The lowest BCUT2D eigenvalue weighted by molar-refractivity contribution is -0.185. The highest BCUT2D eigenvalue weighted by Crippen LogP contribution is 2.47. The van der Waals surface area contributed by atoms with Crippen molar-refractivity contribution in [3.63, 3.8) is 0 Å². The molecule has 0 bridgehead atoms. The molecule has 1 N–H and O–H groups in total. The molecule has 9 nitrogen and oxygen atoms in total. The molecule has 10 heteroatoms. The van der Waals surface area contributed by atoms with E-state index >= 15 is 0 Å². The van der Waals surface area contributed by atoms with E-state index in [4.69, 9.17) is 23.7 Å². The number of rotatable bonds is 13. The molecule has 1 unspecified atom stereocenters. The number of ether oxygens (including phenoxy) is 5. The fourth-order valence-corrected chi connectivity index (χ4v) is 5.63. The first-order valence-corrected chi connectivity index (χ1v) is 14.6. The minimum Gasteiger partial charge on any atom is -0.497 e. The molecular weight excluding hydrogens is 556 g/mol. The number of esters is 1. The zero-order chi connectivity index (χ0) is 29.7. The Labute approximate surface area is 249 Å². The molecule has 0 fully saturated rings. The molecule has 0 amide bonds. The number of carbonyl (C=O) groups is 1. The predicted molar refractivity (Wildman–Crippen MR) is 160 cm³/mol. The lowest BCUT2D eigenvalue weighted by Gasteiger charge is -2.26.